The summed E-state index contributed by atoms with van der Waals surface area (Å²) in [6.45, 7) is 2.22. The van der Waals surface area contributed by atoms with Crippen LogP contribution in [0.15, 0.2) is 0 Å². The molecule has 0 aliphatic heterocycles. The second kappa shape index (κ2) is 13.0. The molecule has 17 heavy (non-hydrogen) atoms. The Hall–Kier alpha value is 0.507. The Morgan fingerprint density at radius 3 is 1.47 bits per heavy atom. The van der Waals surface area contributed by atoms with Gasteiger partial charge in [-0.1, -0.05) is 64.7 Å². The fraction of sp³-hybridized carbons (Fsp3) is 1.00. The average Bonchev–Trinajstić information content (AvgIpc) is 2.19. The number of hydrogen-bond acceptors (Lipinski definition) is 2. The van der Waals surface area contributed by atoms with Crippen molar-refractivity contribution in [2.45, 2.75) is 71.1 Å². The summed E-state index contributed by atoms with van der Waals surface area (Å²) in [5, 5.41) is 0. The van der Waals surface area contributed by atoms with Crippen molar-refractivity contribution in [2.75, 3.05) is 5.75 Å². The van der Waals surface area contributed by atoms with Crippen molar-refractivity contribution in [1.29, 1.82) is 0 Å². The Labute approximate surface area is 119 Å². The van der Waals surface area contributed by atoms with E-state index in [0.717, 1.165) is 12.8 Å². The van der Waals surface area contributed by atoms with Crippen LogP contribution in [0.4, 0.5) is 0 Å². The maximum atomic E-state index is 10.4. The van der Waals surface area contributed by atoms with E-state index in [-0.39, 0.29) is 24.6 Å². The molecule has 0 aromatic heterocycles. The van der Waals surface area contributed by atoms with Crippen LogP contribution in [0.5, 0.6) is 0 Å². The van der Waals surface area contributed by atoms with Gasteiger partial charge in [-0.25, -0.2) is 0 Å². The predicted octanol–water partition coefficient (Wildman–Crippen LogP) is 3.41. The third kappa shape index (κ3) is 19.0. The van der Waals surface area contributed by atoms with Gasteiger partial charge in [-0.15, -0.1) is 0 Å². The van der Waals surface area contributed by atoms with Crippen LogP contribution in [0.3, 0.4) is 0 Å². The van der Waals surface area contributed by atoms with Gasteiger partial charge >= 0.3 is 0 Å². The smallest absolute Gasteiger partial charge is 0.264 e. The molecule has 99 valence electrons. The van der Waals surface area contributed by atoms with Gasteiger partial charge in [0.2, 0.25) is 0 Å². The first kappa shape index (κ1) is 19.8. The zero-order valence-corrected chi connectivity index (χ0v) is 12.3. The Morgan fingerprint density at radius 2 is 1.12 bits per heavy atom. The molecule has 0 aromatic rings. The van der Waals surface area contributed by atoms with Gasteiger partial charge in [0.1, 0.15) is 0 Å². The molecular weight excluding hydrogens is 231 g/mol. The maximum absolute atomic E-state index is 10.4. The quantitative estimate of drug-likeness (QED) is 0.350. The normalized spacial score (nSPS) is 11.2. The van der Waals surface area contributed by atoms with Crippen LogP contribution in [-0.2, 0) is 10.1 Å². The summed E-state index contributed by atoms with van der Waals surface area (Å²) in [7, 11) is -3.73. The Morgan fingerprint density at radius 1 is 0.765 bits per heavy atom. The first-order valence-corrected chi connectivity index (χ1v) is 8.12. The Bertz CT molecular complexity index is 240. The Kier molecular flexibility index (Phi) is 15.1. The molecule has 1 radical (unpaired) electrons. The van der Waals surface area contributed by atoms with Crippen molar-refractivity contribution < 1.29 is 13.0 Å². The minimum absolute atomic E-state index is 0. The van der Waals surface area contributed by atoms with Crippen molar-refractivity contribution in [3.63, 3.8) is 0 Å². The third-order valence-corrected chi connectivity index (χ3v) is 3.56. The van der Waals surface area contributed by atoms with Crippen LogP contribution in [0.25, 0.3) is 0 Å². The van der Waals surface area contributed by atoms with Crippen LogP contribution >= 0.6 is 0 Å². The van der Waals surface area contributed by atoms with E-state index in [2.05, 4.69) is 6.92 Å². The van der Waals surface area contributed by atoms with Crippen molar-refractivity contribution >= 4 is 29.0 Å². The molecule has 1 N–H and O–H groups in total. The molecule has 0 aliphatic carbocycles. The molecule has 0 aromatic carbocycles. The molecule has 0 spiro atoms. The summed E-state index contributed by atoms with van der Waals surface area (Å²) in [6, 6.07) is 0. The van der Waals surface area contributed by atoms with Crippen molar-refractivity contribution in [3.05, 3.63) is 0 Å². The first-order chi connectivity index (χ1) is 7.56. The number of unbranched alkanes of at least 4 members (excludes halogenated alkanes) is 9. The molecule has 3 nitrogen and oxygen atoms in total. The minimum atomic E-state index is -3.73. The topological polar surface area (TPSA) is 54.4 Å². The largest absolute Gasteiger partial charge is 0.286 e. The van der Waals surface area contributed by atoms with Gasteiger partial charge in [0.05, 0.1) is 5.75 Å². The van der Waals surface area contributed by atoms with E-state index in [0.29, 0.717) is 6.42 Å². The molecular formula is C12H26LiO3S. The second-order valence-corrected chi connectivity index (χ2v) is 6.04. The van der Waals surface area contributed by atoms with Crippen molar-refractivity contribution in [3.8, 4) is 0 Å². The fourth-order valence-corrected chi connectivity index (χ4v) is 2.34. The Balaban J connectivity index is 0. The van der Waals surface area contributed by atoms with Crippen molar-refractivity contribution in [1.82, 2.24) is 0 Å². The van der Waals surface area contributed by atoms with Gasteiger partial charge in [0.25, 0.3) is 10.1 Å². The summed E-state index contributed by atoms with van der Waals surface area (Å²) in [5.74, 6) is -0.0799. The van der Waals surface area contributed by atoms with Gasteiger partial charge < -0.3 is 0 Å². The van der Waals surface area contributed by atoms with Crippen LogP contribution in [0, 0.1) is 0 Å². The van der Waals surface area contributed by atoms with E-state index in [9.17, 15) is 8.42 Å². The van der Waals surface area contributed by atoms with Crippen LogP contribution in [0.2, 0.25) is 0 Å². The molecule has 0 amide bonds. The van der Waals surface area contributed by atoms with Crippen LogP contribution < -0.4 is 0 Å². The summed E-state index contributed by atoms with van der Waals surface area (Å²) in [5.41, 5.74) is 0. The van der Waals surface area contributed by atoms with Gasteiger partial charge in [0, 0.05) is 18.9 Å². The SMILES string of the molecule is CCCCCCCCCCCCS(=O)(=O)O.[Li]. The zero-order valence-electron chi connectivity index (χ0n) is 11.5. The monoisotopic (exact) mass is 257 g/mol. The van der Waals surface area contributed by atoms with Gasteiger partial charge in [-0.05, 0) is 6.42 Å². The van der Waals surface area contributed by atoms with E-state index < -0.39 is 10.1 Å². The number of rotatable bonds is 11. The zero-order chi connectivity index (χ0) is 12.3. The standard InChI is InChI=1S/C12H26O3S.Li/c1-2-3-4-5-6-7-8-9-10-11-12-16(13,14)15;/h2-12H2,1H3,(H,13,14,15);. The molecule has 0 saturated carbocycles. The van der Waals surface area contributed by atoms with Gasteiger partial charge in [-0.3, -0.25) is 4.55 Å². The molecule has 0 unspecified atom stereocenters. The minimum Gasteiger partial charge on any atom is -0.286 e. The van der Waals surface area contributed by atoms with E-state index in [1.807, 2.05) is 0 Å². The van der Waals surface area contributed by atoms with Gasteiger partial charge in [-0.2, -0.15) is 8.42 Å². The third-order valence-electron chi connectivity index (χ3n) is 2.76. The van der Waals surface area contributed by atoms with E-state index in [4.69, 9.17) is 4.55 Å². The van der Waals surface area contributed by atoms with E-state index in [1.165, 1.54) is 44.9 Å². The van der Waals surface area contributed by atoms with E-state index >= 15 is 0 Å². The molecule has 0 heterocycles. The second-order valence-electron chi connectivity index (χ2n) is 4.47. The van der Waals surface area contributed by atoms with Crippen molar-refractivity contribution in [2.24, 2.45) is 0 Å². The maximum Gasteiger partial charge on any atom is 0.264 e. The molecule has 0 fully saturated rings. The van der Waals surface area contributed by atoms with Gasteiger partial charge in [0.15, 0.2) is 0 Å². The molecule has 0 bridgehead atoms. The summed E-state index contributed by atoms with van der Waals surface area (Å²) in [6.07, 6.45) is 11.7. The molecule has 0 rings (SSSR count). The summed E-state index contributed by atoms with van der Waals surface area (Å²) >= 11 is 0. The molecule has 0 saturated heterocycles. The summed E-state index contributed by atoms with van der Waals surface area (Å²) in [4.78, 5) is 0. The average molecular weight is 257 g/mol. The first-order valence-electron chi connectivity index (χ1n) is 6.51. The van der Waals surface area contributed by atoms with Crippen LogP contribution in [0.1, 0.15) is 71.1 Å². The summed E-state index contributed by atoms with van der Waals surface area (Å²) < 4.78 is 29.4. The van der Waals surface area contributed by atoms with E-state index in [1.54, 1.807) is 0 Å². The molecule has 0 atom stereocenters. The predicted molar refractivity (Wildman–Crippen MR) is 74.0 cm³/mol. The molecule has 0 aliphatic rings. The number of hydrogen-bond donors (Lipinski definition) is 1. The van der Waals surface area contributed by atoms with Crippen LogP contribution in [-0.4, -0.2) is 37.6 Å². The molecule has 5 heteroatoms. The fourth-order valence-electron chi connectivity index (χ4n) is 1.77.